The van der Waals surface area contributed by atoms with E-state index in [0.29, 0.717) is 24.1 Å². The summed E-state index contributed by atoms with van der Waals surface area (Å²) >= 11 is 0. The number of nitrogens with one attached hydrogen (secondary N) is 1. The molecule has 1 aromatic rings. The number of hydrogen-bond acceptors (Lipinski definition) is 5. The van der Waals surface area contributed by atoms with E-state index in [1.807, 2.05) is 6.92 Å². The SMILES string of the molecule is Cc1c(N)ncnc1NCC1(O)CCCC(C)C1. The third-order valence-corrected chi connectivity index (χ3v) is 3.78. The molecule has 0 saturated heterocycles. The van der Waals surface area contributed by atoms with Gasteiger partial charge in [0.25, 0.3) is 0 Å². The molecule has 0 aromatic carbocycles. The number of nitrogens with zero attached hydrogens (tertiary/aromatic N) is 2. The molecule has 5 nitrogen and oxygen atoms in total. The molecule has 4 N–H and O–H groups in total. The van der Waals surface area contributed by atoms with E-state index < -0.39 is 5.60 Å². The Hall–Kier alpha value is -1.36. The average molecular weight is 250 g/mol. The molecule has 0 aliphatic heterocycles. The lowest BCUT2D eigenvalue weighted by molar-refractivity contribution is -0.000834. The van der Waals surface area contributed by atoms with Gasteiger partial charge in [0.1, 0.15) is 18.0 Å². The summed E-state index contributed by atoms with van der Waals surface area (Å²) in [5.74, 6) is 1.78. The molecule has 2 unspecified atom stereocenters. The van der Waals surface area contributed by atoms with Gasteiger partial charge in [0.05, 0.1) is 5.60 Å². The van der Waals surface area contributed by atoms with Gasteiger partial charge in [0.2, 0.25) is 0 Å². The fourth-order valence-corrected chi connectivity index (χ4v) is 2.68. The molecule has 0 radical (unpaired) electrons. The third kappa shape index (κ3) is 2.90. The van der Waals surface area contributed by atoms with E-state index in [1.165, 1.54) is 12.7 Å². The molecule has 1 heterocycles. The summed E-state index contributed by atoms with van der Waals surface area (Å²) in [5, 5.41) is 13.7. The van der Waals surface area contributed by atoms with E-state index in [0.717, 1.165) is 24.8 Å². The van der Waals surface area contributed by atoms with E-state index >= 15 is 0 Å². The lowest BCUT2D eigenvalue weighted by atomic mass is 9.79. The number of aromatic nitrogens is 2. The summed E-state index contributed by atoms with van der Waals surface area (Å²) in [5.41, 5.74) is 5.95. The number of nitrogens with two attached hydrogens (primary N) is 1. The zero-order valence-electron chi connectivity index (χ0n) is 11.1. The fraction of sp³-hybridized carbons (Fsp3) is 0.692. The summed E-state index contributed by atoms with van der Waals surface area (Å²) in [7, 11) is 0. The van der Waals surface area contributed by atoms with Crippen LogP contribution in [0.3, 0.4) is 0 Å². The number of nitrogen functional groups attached to an aromatic ring is 1. The van der Waals surface area contributed by atoms with Gasteiger partial charge in [-0.05, 0) is 25.7 Å². The molecular formula is C13H22N4O. The number of hydrogen-bond donors (Lipinski definition) is 3. The molecule has 100 valence electrons. The molecule has 1 aliphatic carbocycles. The molecule has 5 heteroatoms. The Morgan fingerprint density at radius 2 is 2.33 bits per heavy atom. The lowest BCUT2D eigenvalue weighted by Gasteiger charge is -2.35. The summed E-state index contributed by atoms with van der Waals surface area (Å²) in [6.45, 7) is 4.60. The van der Waals surface area contributed by atoms with Crippen molar-refractivity contribution in [1.29, 1.82) is 0 Å². The molecule has 0 bridgehead atoms. The molecule has 0 amide bonds. The van der Waals surface area contributed by atoms with Crippen molar-refractivity contribution < 1.29 is 5.11 Å². The first-order valence-corrected chi connectivity index (χ1v) is 6.53. The highest BCUT2D eigenvalue weighted by Gasteiger charge is 2.32. The largest absolute Gasteiger partial charge is 0.388 e. The summed E-state index contributed by atoms with van der Waals surface area (Å²) in [4.78, 5) is 8.09. The minimum atomic E-state index is -0.621. The zero-order chi connectivity index (χ0) is 13.2. The van der Waals surface area contributed by atoms with Crippen LogP contribution in [0.4, 0.5) is 11.6 Å². The van der Waals surface area contributed by atoms with Crippen molar-refractivity contribution in [3.05, 3.63) is 11.9 Å². The second kappa shape index (κ2) is 5.10. The van der Waals surface area contributed by atoms with Crippen molar-refractivity contribution in [3.63, 3.8) is 0 Å². The second-order valence-corrected chi connectivity index (χ2v) is 5.51. The number of aliphatic hydroxyl groups is 1. The first kappa shape index (κ1) is 13.1. The van der Waals surface area contributed by atoms with E-state index in [1.54, 1.807) is 0 Å². The molecule has 2 rings (SSSR count). The van der Waals surface area contributed by atoms with Crippen LogP contribution in [0.2, 0.25) is 0 Å². The topological polar surface area (TPSA) is 84.1 Å². The van der Waals surface area contributed by atoms with E-state index in [2.05, 4.69) is 22.2 Å². The van der Waals surface area contributed by atoms with Crippen LogP contribution in [0.5, 0.6) is 0 Å². The maximum atomic E-state index is 10.5. The normalized spacial score (nSPS) is 28.1. The number of anilines is 2. The number of rotatable bonds is 3. The Labute approximate surface area is 108 Å². The maximum Gasteiger partial charge on any atom is 0.134 e. The average Bonchev–Trinajstić information content (AvgIpc) is 2.31. The minimum Gasteiger partial charge on any atom is -0.388 e. The van der Waals surface area contributed by atoms with Crippen LogP contribution in [0.1, 0.15) is 38.2 Å². The monoisotopic (exact) mass is 250 g/mol. The van der Waals surface area contributed by atoms with Crippen LogP contribution in [-0.4, -0.2) is 27.2 Å². The lowest BCUT2D eigenvalue weighted by Crippen LogP contribution is -2.41. The van der Waals surface area contributed by atoms with Crippen molar-refractivity contribution in [3.8, 4) is 0 Å². The Morgan fingerprint density at radius 3 is 3.06 bits per heavy atom. The van der Waals surface area contributed by atoms with Gasteiger partial charge in [-0.15, -0.1) is 0 Å². The fourth-order valence-electron chi connectivity index (χ4n) is 2.68. The molecule has 0 spiro atoms. The third-order valence-electron chi connectivity index (χ3n) is 3.78. The van der Waals surface area contributed by atoms with Gasteiger partial charge in [-0.1, -0.05) is 19.8 Å². The predicted octanol–water partition coefficient (Wildman–Crippen LogP) is 1.72. The molecule has 1 fully saturated rings. The highest BCUT2D eigenvalue weighted by Crippen LogP contribution is 2.32. The molecule has 18 heavy (non-hydrogen) atoms. The molecular weight excluding hydrogens is 228 g/mol. The first-order chi connectivity index (χ1) is 8.50. The first-order valence-electron chi connectivity index (χ1n) is 6.53. The van der Waals surface area contributed by atoms with Crippen LogP contribution >= 0.6 is 0 Å². The van der Waals surface area contributed by atoms with Gasteiger partial charge in [0, 0.05) is 12.1 Å². The summed E-state index contributed by atoms with van der Waals surface area (Å²) in [6, 6.07) is 0. The molecule has 1 saturated carbocycles. The zero-order valence-corrected chi connectivity index (χ0v) is 11.1. The highest BCUT2D eigenvalue weighted by molar-refractivity contribution is 5.53. The van der Waals surface area contributed by atoms with E-state index in [4.69, 9.17) is 5.73 Å². The van der Waals surface area contributed by atoms with E-state index in [9.17, 15) is 5.11 Å². The second-order valence-electron chi connectivity index (χ2n) is 5.51. The predicted molar refractivity (Wildman–Crippen MR) is 72.3 cm³/mol. The summed E-state index contributed by atoms with van der Waals surface area (Å²) < 4.78 is 0. The standard InChI is InChI=1S/C13H22N4O/c1-9-4-3-5-13(18,6-9)7-15-12-10(2)11(14)16-8-17-12/h8-9,18H,3-7H2,1-2H3,(H3,14,15,16,17). The van der Waals surface area contributed by atoms with Gasteiger partial charge < -0.3 is 16.2 Å². The van der Waals surface area contributed by atoms with Crippen LogP contribution in [0.25, 0.3) is 0 Å². The van der Waals surface area contributed by atoms with Gasteiger partial charge in [0.15, 0.2) is 0 Å². The summed E-state index contributed by atoms with van der Waals surface area (Å²) in [6.07, 6.45) is 5.44. The van der Waals surface area contributed by atoms with Crippen LogP contribution < -0.4 is 11.1 Å². The quantitative estimate of drug-likeness (QED) is 0.760. The van der Waals surface area contributed by atoms with Crippen LogP contribution in [0, 0.1) is 12.8 Å². The van der Waals surface area contributed by atoms with Crippen molar-refractivity contribution in [2.24, 2.45) is 5.92 Å². The highest BCUT2D eigenvalue weighted by atomic mass is 16.3. The molecule has 2 atom stereocenters. The molecule has 1 aromatic heterocycles. The van der Waals surface area contributed by atoms with Gasteiger partial charge in [-0.3, -0.25) is 0 Å². The molecule has 1 aliphatic rings. The van der Waals surface area contributed by atoms with Gasteiger partial charge in [-0.2, -0.15) is 0 Å². The van der Waals surface area contributed by atoms with Crippen molar-refractivity contribution in [2.45, 2.75) is 45.1 Å². The van der Waals surface area contributed by atoms with Crippen molar-refractivity contribution >= 4 is 11.6 Å². The Morgan fingerprint density at radius 1 is 1.56 bits per heavy atom. The smallest absolute Gasteiger partial charge is 0.134 e. The van der Waals surface area contributed by atoms with Gasteiger partial charge >= 0.3 is 0 Å². The Kier molecular flexibility index (Phi) is 3.71. The van der Waals surface area contributed by atoms with E-state index in [-0.39, 0.29) is 0 Å². The maximum absolute atomic E-state index is 10.5. The van der Waals surface area contributed by atoms with Gasteiger partial charge in [-0.25, -0.2) is 9.97 Å². The van der Waals surface area contributed by atoms with Crippen molar-refractivity contribution in [1.82, 2.24) is 9.97 Å². The minimum absolute atomic E-state index is 0.483. The van der Waals surface area contributed by atoms with Crippen LogP contribution in [-0.2, 0) is 0 Å². The van der Waals surface area contributed by atoms with Crippen molar-refractivity contribution in [2.75, 3.05) is 17.6 Å². The Bertz CT molecular complexity index is 423. The Balaban J connectivity index is 2.00. The van der Waals surface area contributed by atoms with Crippen LogP contribution in [0.15, 0.2) is 6.33 Å².